The lowest BCUT2D eigenvalue weighted by molar-refractivity contribution is 0.193. The Kier molecular flexibility index (Phi) is 4.81. The van der Waals surface area contributed by atoms with Crippen molar-refractivity contribution < 1.29 is 9.32 Å². The van der Waals surface area contributed by atoms with Gasteiger partial charge in [0.25, 0.3) is 0 Å². The fraction of sp³-hybridized carbons (Fsp3) is 0.250. The summed E-state index contributed by atoms with van der Waals surface area (Å²) >= 11 is 5.89. The number of nitrogens with zero attached hydrogens (tertiary/aromatic N) is 3. The summed E-state index contributed by atoms with van der Waals surface area (Å²) < 4.78 is 5.48. The number of anilines is 1. The van der Waals surface area contributed by atoms with Crippen LogP contribution in [0, 0.1) is 6.92 Å². The van der Waals surface area contributed by atoms with Gasteiger partial charge in [-0.3, -0.25) is 0 Å². The van der Waals surface area contributed by atoms with E-state index in [1.807, 2.05) is 31.2 Å². The van der Waals surface area contributed by atoms with Gasteiger partial charge in [-0.25, -0.2) is 4.79 Å². The van der Waals surface area contributed by atoms with E-state index >= 15 is 0 Å². The smallest absolute Gasteiger partial charge is 0.322 e. The molecule has 1 saturated heterocycles. The third-order valence-electron chi connectivity index (χ3n) is 4.65. The molecule has 27 heavy (non-hydrogen) atoms. The first-order valence-electron chi connectivity index (χ1n) is 8.84. The number of halogens is 1. The second-order valence-electron chi connectivity index (χ2n) is 6.61. The number of nitrogens with one attached hydrogen (secondary N) is 1. The number of rotatable bonds is 3. The highest BCUT2D eigenvalue weighted by molar-refractivity contribution is 6.30. The molecule has 6 nitrogen and oxygen atoms in total. The van der Waals surface area contributed by atoms with Crippen molar-refractivity contribution in [2.24, 2.45) is 0 Å². The molecule has 2 heterocycles. The standard InChI is InChI=1S/C20H19ClN4O2/c1-13-4-6-14(7-5-13)18-23-19(27-24-18)17-3-2-12-25(17)20(26)22-16-10-8-15(21)9-11-16/h4-11,17H,2-3,12H2,1H3,(H,22,26)/t17-/m0/s1. The molecule has 1 N–H and O–H groups in total. The summed E-state index contributed by atoms with van der Waals surface area (Å²) in [7, 11) is 0. The molecule has 0 radical (unpaired) electrons. The number of amides is 2. The van der Waals surface area contributed by atoms with Gasteiger partial charge in [0.2, 0.25) is 11.7 Å². The molecule has 138 valence electrons. The number of urea groups is 1. The van der Waals surface area contributed by atoms with Crippen molar-refractivity contribution in [2.45, 2.75) is 25.8 Å². The molecule has 1 aliphatic heterocycles. The highest BCUT2D eigenvalue weighted by Gasteiger charge is 2.34. The van der Waals surface area contributed by atoms with Crippen molar-refractivity contribution >= 4 is 23.3 Å². The van der Waals surface area contributed by atoms with Gasteiger partial charge in [-0.15, -0.1) is 0 Å². The van der Waals surface area contributed by atoms with E-state index in [1.165, 1.54) is 5.56 Å². The average Bonchev–Trinajstić information content (AvgIpc) is 3.33. The van der Waals surface area contributed by atoms with Gasteiger partial charge in [0.05, 0.1) is 0 Å². The zero-order valence-electron chi connectivity index (χ0n) is 14.9. The Labute approximate surface area is 162 Å². The normalized spacial score (nSPS) is 16.5. The Balaban J connectivity index is 1.50. The van der Waals surface area contributed by atoms with Crippen LogP contribution in [0.1, 0.15) is 30.3 Å². The Hall–Kier alpha value is -2.86. The zero-order valence-corrected chi connectivity index (χ0v) is 15.6. The summed E-state index contributed by atoms with van der Waals surface area (Å²) in [6.07, 6.45) is 1.69. The molecule has 3 aromatic rings. The largest absolute Gasteiger partial charge is 0.337 e. The molecule has 0 saturated carbocycles. The average molecular weight is 383 g/mol. The summed E-state index contributed by atoms with van der Waals surface area (Å²) in [5, 5.41) is 7.61. The van der Waals surface area contributed by atoms with Crippen LogP contribution in [-0.4, -0.2) is 27.6 Å². The number of hydrogen-bond acceptors (Lipinski definition) is 4. The topological polar surface area (TPSA) is 71.3 Å². The number of carbonyl (C=O) groups excluding carboxylic acids is 1. The monoisotopic (exact) mass is 382 g/mol. The van der Waals surface area contributed by atoms with E-state index in [4.69, 9.17) is 16.1 Å². The van der Waals surface area contributed by atoms with Crippen molar-refractivity contribution in [3.8, 4) is 11.4 Å². The molecule has 0 spiro atoms. The number of aryl methyl sites for hydroxylation is 1. The molecule has 1 fully saturated rings. The minimum Gasteiger partial charge on any atom is -0.337 e. The van der Waals surface area contributed by atoms with Crippen LogP contribution < -0.4 is 5.32 Å². The van der Waals surface area contributed by atoms with Crippen LogP contribution in [-0.2, 0) is 0 Å². The maximum atomic E-state index is 12.7. The van der Waals surface area contributed by atoms with Crippen molar-refractivity contribution in [1.29, 1.82) is 0 Å². The predicted octanol–water partition coefficient (Wildman–Crippen LogP) is 5.07. The van der Waals surface area contributed by atoms with Gasteiger partial charge in [-0.05, 0) is 44.0 Å². The Morgan fingerprint density at radius 1 is 1.19 bits per heavy atom. The molecular weight excluding hydrogens is 364 g/mol. The van der Waals surface area contributed by atoms with Crippen LogP contribution in [0.3, 0.4) is 0 Å². The minimum atomic E-state index is -0.219. The second kappa shape index (κ2) is 7.40. The Morgan fingerprint density at radius 3 is 2.67 bits per heavy atom. The molecule has 7 heteroatoms. The van der Waals surface area contributed by atoms with Crippen LogP contribution in [0.4, 0.5) is 10.5 Å². The van der Waals surface area contributed by atoms with Gasteiger partial charge in [-0.1, -0.05) is 46.6 Å². The Morgan fingerprint density at radius 2 is 1.93 bits per heavy atom. The van der Waals surface area contributed by atoms with Crippen molar-refractivity contribution in [3.05, 3.63) is 65.0 Å². The van der Waals surface area contributed by atoms with Crippen LogP contribution in [0.25, 0.3) is 11.4 Å². The van der Waals surface area contributed by atoms with Crippen molar-refractivity contribution in [3.63, 3.8) is 0 Å². The van der Waals surface area contributed by atoms with E-state index in [1.54, 1.807) is 29.2 Å². The molecule has 1 aliphatic rings. The SMILES string of the molecule is Cc1ccc(-c2noc([C@@H]3CCCN3C(=O)Nc3ccc(Cl)cc3)n2)cc1. The molecule has 2 aromatic carbocycles. The second-order valence-corrected chi connectivity index (χ2v) is 7.05. The lowest BCUT2D eigenvalue weighted by atomic mass is 10.1. The maximum absolute atomic E-state index is 12.7. The van der Waals surface area contributed by atoms with E-state index in [0.29, 0.717) is 29.0 Å². The fourth-order valence-corrected chi connectivity index (χ4v) is 3.31. The quantitative estimate of drug-likeness (QED) is 0.686. The molecule has 2 amide bonds. The molecule has 4 rings (SSSR count). The lowest BCUT2D eigenvalue weighted by Crippen LogP contribution is -2.34. The molecule has 0 unspecified atom stereocenters. The highest BCUT2D eigenvalue weighted by Crippen LogP contribution is 2.32. The van der Waals surface area contributed by atoms with E-state index in [2.05, 4.69) is 15.5 Å². The van der Waals surface area contributed by atoms with Crippen molar-refractivity contribution in [1.82, 2.24) is 15.0 Å². The van der Waals surface area contributed by atoms with E-state index < -0.39 is 0 Å². The number of hydrogen-bond donors (Lipinski definition) is 1. The predicted molar refractivity (Wildman–Crippen MR) is 104 cm³/mol. The Bertz CT molecular complexity index is 937. The molecule has 0 bridgehead atoms. The van der Waals surface area contributed by atoms with Crippen LogP contribution in [0.5, 0.6) is 0 Å². The number of aromatic nitrogens is 2. The zero-order chi connectivity index (χ0) is 18.8. The molecule has 1 aromatic heterocycles. The summed E-state index contributed by atoms with van der Waals surface area (Å²) in [6.45, 7) is 2.67. The number of carbonyl (C=O) groups is 1. The highest BCUT2D eigenvalue weighted by atomic mass is 35.5. The minimum absolute atomic E-state index is 0.185. The summed E-state index contributed by atoms with van der Waals surface area (Å²) in [6, 6.07) is 14.6. The lowest BCUT2D eigenvalue weighted by Gasteiger charge is -2.22. The van der Waals surface area contributed by atoms with E-state index in [-0.39, 0.29) is 12.1 Å². The number of likely N-dealkylation sites (tertiary alicyclic amines) is 1. The van der Waals surface area contributed by atoms with Crippen molar-refractivity contribution in [2.75, 3.05) is 11.9 Å². The van der Waals surface area contributed by atoms with Crippen LogP contribution in [0.15, 0.2) is 53.1 Å². The van der Waals surface area contributed by atoms with Gasteiger partial charge in [0.15, 0.2) is 0 Å². The van der Waals surface area contributed by atoms with Crippen LogP contribution >= 0.6 is 11.6 Å². The van der Waals surface area contributed by atoms with Crippen LogP contribution in [0.2, 0.25) is 5.02 Å². The number of benzene rings is 2. The van der Waals surface area contributed by atoms with E-state index in [9.17, 15) is 4.79 Å². The third kappa shape index (κ3) is 3.80. The molecule has 0 aliphatic carbocycles. The first-order valence-corrected chi connectivity index (χ1v) is 9.22. The first-order chi connectivity index (χ1) is 13.1. The third-order valence-corrected chi connectivity index (χ3v) is 4.90. The summed E-state index contributed by atoms with van der Waals surface area (Å²) in [5.74, 6) is 1.00. The van der Waals surface area contributed by atoms with Gasteiger partial charge >= 0.3 is 6.03 Å². The van der Waals surface area contributed by atoms with Gasteiger partial charge in [0, 0.05) is 22.8 Å². The van der Waals surface area contributed by atoms with E-state index in [0.717, 1.165) is 18.4 Å². The van der Waals surface area contributed by atoms with Gasteiger partial charge in [0.1, 0.15) is 6.04 Å². The summed E-state index contributed by atoms with van der Waals surface area (Å²) in [4.78, 5) is 19.0. The van der Waals surface area contributed by atoms with Gasteiger partial charge in [-0.2, -0.15) is 4.98 Å². The molecular formula is C20H19ClN4O2. The fourth-order valence-electron chi connectivity index (χ4n) is 3.19. The molecule has 1 atom stereocenters. The van der Waals surface area contributed by atoms with Gasteiger partial charge < -0.3 is 14.7 Å². The maximum Gasteiger partial charge on any atom is 0.322 e. The first kappa shape index (κ1) is 17.5. The summed E-state index contributed by atoms with van der Waals surface area (Å²) in [5.41, 5.74) is 2.76.